The molecule has 2 aliphatic rings. The highest BCUT2D eigenvalue weighted by Crippen LogP contribution is 2.44. The van der Waals surface area contributed by atoms with E-state index in [2.05, 4.69) is 27.7 Å². The van der Waals surface area contributed by atoms with Crippen LogP contribution < -0.4 is 10.6 Å². The van der Waals surface area contributed by atoms with E-state index >= 15 is 0 Å². The first-order valence-electron chi connectivity index (χ1n) is 12.4. The van der Waals surface area contributed by atoms with Crippen LogP contribution in [0.5, 0.6) is 0 Å². The van der Waals surface area contributed by atoms with E-state index in [1.165, 1.54) is 13.0 Å². The fraction of sp³-hybridized carbons (Fsp3) is 0.321. The summed E-state index contributed by atoms with van der Waals surface area (Å²) in [6.45, 7) is 7.10. The smallest absolute Gasteiger partial charge is 0.411 e. The summed E-state index contributed by atoms with van der Waals surface area (Å²) < 4.78 is 43.8. The lowest BCUT2D eigenvalue weighted by Gasteiger charge is -2.28. The normalized spacial score (nSPS) is 15.8. The van der Waals surface area contributed by atoms with Crippen molar-refractivity contribution in [3.8, 4) is 11.1 Å². The minimum atomic E-state index is -4.99. The van der Waals surface area contributed by atoms with Crippen molar-refractivity contribution in [3.05, 3.63) is 82.4 Å². The van der Waals surface area contributed by atoms with Crippen molar-refractivity contribution < 1.29 is 21.8 Å². The predicted octanol–water partition coefficient (Wildman–Crippen LogP) is 4.73. The molecule has 3 aromatic rings. The summed E-state index contributed by atoms with van der Waals surface area (Å²) in [5, 5.41) is 5.99. The number of anilines is 1. The van der Waals surface area contributed by atoms with Gasteiger partial charge in [0.1, 0.15) is 11.5 Å². The summed E-state index contributed by atoms with van der Waals surface area (Å²) in [5.41, 5.74) is 6.18. The number of hydrogen-bond donors (Lipinski definition) is 2. The molecule has 0 aromatic heterocycles. The maximum atomic E-state index is 14.2. The molecular weight excluding hydrogens is 493 g/mol. The number of fused-ring (bicyclic) bond motifs is 3. The van der Waals surface area contributed by atoms with Crippen LogP contribution in [0.15, 0.2) is 59.5 Å². The van der Waals surface area contributed by atoms with E-state index in [0.29, 0.717) is 17.7 Å². The lowest BCUT2D eigenvalue weighted by molar-refractivity contribution is 0.158. The van der Waals surface area contributed by atoms with Gasteiger partial charge in [0.25, 0.3) is 0 Å². The molecule has 1 fully saturated rings. The number of ether oxygens (including phenoxy) is 1. The molecular formula is C28H30FN3O4S. The minimum Gasteiger partial charge on any atom is -0.448 e. The number of rotatable bonds is 6. The van der Waals surface area contributed by atoms with Gasteiger partial charge in [-0.25, -0.2) is 4.79 Å². The van der Waals surface area contributed by atoms with Crippen LogP contribution in [0.1, 0.15) is 33.7 Å². The maximum Gasteiger partial charge on any atom is 0.411 e. The topological polar surface area (TPSA) is 87.7 Å². The zero-order chi connectivity index (χ0) is 26.2. The number of benzene rings is 3. The van der Waals surface area contributed by atoms with Crippen molar-refractivity contribution in [2.75, 3.05) is 38.1 Å². The predicted molar refractivity (Wildman–Crippen MR) is 141 cm³/mol. The van der Waals surface area contributed by atoms with E-state index in [-0.39, 0.29) is 23.8 Å². The van der Waals surface area contributed by atoms with E-state index < -0.39 is 21.2 Å². The number of carbonyl (C=O) groups excluding carboxylic acids is 1. The standard InChI is InChI=1S/C28H30FN3O4S/c1-18-20(16-32-13-11-30-12-14-32)15-26(37(29,34)35)19(2)27(18)31-28(33)36-17-25-23-9-5-3-7-21(23)22-8-4-6-10-24(22)25/h3-10,15,25,30H,11-14,16-17H2,1-2H3,(H,31,33). The Balaban J connectivity index is 1.38. The molecule has 3 aromatic carbocycles. The van der Waals surface area contributed by atoms with Gasteiger partial charge in [-0.1, -0.05) is 48.5 Å². The van der Waals surface area contributed by atoms with Crippen LogP contribution in [0, 0.1) is 13.8 Å². The summed E-state index contributed by atoms with van der Waals surface area (Å²) in [5.74, 6) is -0.110. The Morgan fingerprint density at radius 2 is 1.62 bits per heavy atom. The maximum absolute atomic E-state index is 14.2. The Hall–Kier alpha value is -3.27. The number of hydrogen-bond acceptors (Lipinski definition) is 6. The number of amides is 1. The Morgan fingerprint density at radius 3 is 2.22 bits per heavy atom. The Kier molecular flexibility index (Phi) is 7.02. The van der Waals surface area contributed by atoms with Crippen LogP contribution in [0.2, 0.25) is 0 Å². The largest absolute Gasteiger partial charge is 0.448 e. The molecule has 5 rings (SSSR count). The molecule has 0 bridgehead atoms. The number of halogens is 1. The molecule has 1 heterocycles. The highest BCUT2D eigenvalue weighted by Gasteiger charge is 2.30. The molecule has 0 unspecified atom stereocenters. The van der Waals surface area contributed by atoms with Crippen LogP contribution >= 0.6 is 0 Å². The summed E-state index contributed by atoms with van der Waals surface area (Å²) in [4.78, 5) is 14.7. The van der Waals surface area contributed by atoms with Gasteiger partial charge in [0.2, 0.25) is 0 Å². The summed E-state index contributed by atoms with van der Waals surface area (Å²) >= 11 is 0. The molecule has 0 spiro atoms. The highest BCUT2D eigenvalue weighted by molar-refractivity contribution is 7.86. The zero-order valence-electron chi connectivity index (χ0n) is 20.9. The molecule has 9 heteroatoms. The van der Waals surface area contributed by atoms with E-state index in [0.717, 1.165) is 48.4 Å². The van der Waals surface area contributed by atoms with Gasteiger partial charge in [-0.3, -0.25) is 10.2 Å². The summed E-state index contributed by atoms with van der Waals surface area (Å²) in [7, 11) is -4.99. The molecule has 37 heavy (non-hydrogen) atoms. The van der Waals surface area contributed by atoms with Gasteiger partial charge in [0.15, 0.2) is 0 Å². The second kappa shape index (κ2) is 10.2. The van der Waals surface area contributed by atoms with E-state index in [1.807, 2.05) is 36.4 Å². The molecule has 1 amide bonds. The lowest BCUT2D eigenvalue weighted by Crippen LogP contribution is -2.43. The quantitative estimate of drug-likeness (QED) is 0.455. The van der Waals surface area contributed by atoms with Crippen LogP contribution in [0.4, 0.5) is 14.4 Å². The second-order valence-corrected chi connectivity index (χ2v) is 10.9. The third-order valence-corrected chi connectivity index (χ3v) is 8.29. The Bertz CT molecular complexity index is 1410. The minimum absolute atomic E-state index is 0.110. The Morgan fingerprint density at radius 1 is 1.03 bits per heavy atom. The van der Waals surface area contributed by atoms with E-state index in [9.17, 15) is 17.1 Å². The monoisotopic (exact) mass is 523 g/mol. The van der Waals surface area contributed by atoms with Crippen molar-refractivity contribution in [1.82, 2.24) is 10.2 Å². The van der Waals surface area contributed by atoms with Crippen LogP contribution in [0.25, 0.3) is 11.1 Å². The number of piperazine rings is 1. The van der Waals surface area contributed by atoms with Crippen LogP contribution in [0.3, 0.4) is 0 Å². The average molecular weight is 524 g/mol. The third-order valence-electron chi connectivity index (χ3n) is 7.34. The van der Waals surface area contributed by atoms with Gasteiger partial charge >= 0.3 is 16.3 Å². The van der Waals surface area contributed by atoms with Crippen molar-refractivity contribution >= 4 is 22.0 Å². The summed E-state index contributed by atoms with van der Waals surface area (Å²) in [6.07, 6.45) is -0.713. The number of carbonyl (C=O) groups is 1. The van der Waals surface area contributed by atoms with Crippen molar-refractivity contribution in [1.29, 1.82) is 0 Å². The molecule has 194 valence electrons. The molecule has 1 aliphatic carbocycles. The average Bonchev–Trinajstić information content (AvgIpc) is 3.20. The first kappa shape index (κ1) is 25.4. The fourth-order valence-corrected chi connectivity index (χ4v) is 6.14. The van der Waals surface area contributed by atoms with Gasteiger partial charge < -0.3 is 10.1 Å². The molecule has 7 nitrogen and oxygen atoms in total. The third kappa shape index (κ3) is 5.12. The SMILES string of the molecule is Cc1c(CN2CCNCC2)cc(S(=O)(=O)F)c(C)c1NC(=O)OCC1c2ccccc2-c2ccccc21. The summed E-state index contributed by atoms with van der Waals surface area (Å²) in [6, 6.07) is 17.5. The lowest BCUT2D eigenvalue weighted by atomic mass is 9.98. The van der Waals surface area contributed by atoms with Gasteiger partial charge in [-0.05, 0) is 58.9 Å². The molecule has 0 saturated carbocycles. The number of nitrogens with zero attached hydrogens (tertiary/aromatic N) is 1. The zero-order valence-corrected chi connectivity index (χ0v) is 21.7. The molecule has 1 aliphatic heterocycles. The van der Waals surface area contributed by atoms with Gasteiger partial charge in [0, 0.05) is 38.6 Å². The van der Waals surface area contributed by atoms with Crippen molar-refractivity contribution in [3.63, 3.8) is 0 Å². The molecule has 1 saturated heterocycles. The van der Waals surface area contributed by atoms with Gasteiger partial charge in [-0.15, -0.1) is 3.89 Å². The van der Waals surface area contributed by atoms with Crippen molar-refractivity contribution in [2.24, 2.45) is 0 Å². The Labute approximate surface area is 216 Å². The molecule has 0 radical (unpaired) electrons. The first-order chi connectivity index (χ1) is 17.7. The van der Waals surface area contributed by atoms with Crippen LogP contribution in [-0.2, 0) is 21.5 Å². The van der Waals surface area contributed by atoms with Gasteiger partial charge in [0.05, 0.1) is 5.69 Å². The van der Waals surface area contributed by atoms with E-state index in [1.54, 1.807) is 6.92 Å². The molecule has 2 N–H and O–H groups in total. The first-order valence-corrected chi connectivity index (χ1v) is 13.7. The van der Waals surface area contributed by atoms with Crippen molar-refractivity contribution in [2.45, 2.75) is 31.2 Å². The van der Waals surface area contributed by atoms with E-state index in [4.69, 9.17) is 4.74 Å². The molecule has 0 atom stereocenters. The number of nitrogens with one attached hydrogen (secondary N) is 2. The highest BCUT2D eigenvalue weighted by atomic mass is 32.3. The fourth-order valence-electron chi connectivity index (χ4n) is 5.39. The van der Waals surface area contributed by atoms with Gasteiger partial charge in [-0.2, -0.15) is 8.42 Å². The van der Waals surface area contributed by atoms with Crippen LogP contribution in [-0.4, -0.2) is 52.2 Å². The second-order valence-electron chi connectivity index (χ2n) is 9.57.